The number of benzene rings is 1. The molecule has 0 unspecified atom stereocenters. The number of nitriles is 1. The van der Waals surface area contributed by atoms with Crippen molar-refractivity contribution in [3.8, 4) is 6.07 Å². The van der Waals surface area contributed by atoms with Gasteiger partial charge < -0.3 is 10.3 Å². The minimum absolute atomic E-state index is 0.0653. The fraction of sp³-hybridized carbons (Fsp3) is 0.231. The number of H-pyrrole nitrogens is 1. The van der Waals surface area contributed by atoms with Gasteiger partial charge in [0.25, 0.3) is 0 Å². The topological polar surface area (TPSA) is 64.5 Å². The second-order valence-electron chi connectivity index (χ2n) is 3.84. The standard InChI is InChI=1S/C13H13FN4/c14-11-3-1-4-12(10(11)9-15)16-6-2-5-13-17-7-8-18-13/h1,3-4,7-8,16H,2,5-6H2,(H,17,18). The summed E-state index contributed by atoms with van der Waals surface area (Å²) in [6, 6.07) is 6.44. The molecule has 0 saturated carbocycles. The molecule has 0 spiro atoms. The van der Waals surface area contributed by atoms with E-state index in [2.05, 4.69) is 15.3 Å². The predicted octanol–water partition coefficient (Wildman–Crippen LogP) is 2.47. The van der Waals surface area contributed by atoms with Crippen LogP contribution in [-0.4, -0.2) is 16.5 Å². The molecule has 5 heteroatoms. The second kappa shape index (κ2) is 5.82. The lowest BCUT2D eigenvalue weighted by Crippen LogP contribution is -2.05. The molecule has 0 atom stereocenters. The minimum Gasteiger partial charge on any atom is -0.384 e. The van der Waals surface area contributed by atoms with Crippen LogP contribution in [0.5, 0.6) is 0 Å². The van der Waals surface area contributed by atoms with Gasteiger partial charge in [-0.2, -0.15) is 5.26 Å². The zero-order valence-corrected chi connectivity index (χ0v) is 9.78. The monoisotopic (exact) mass is 244 g/mol. The summed E-state index contributed by atoms with van der Waals surface area (Å²) in [6.07, 6.45) is 5.17. The van der Waals surface area contributed by atoms with Crippen molar-refractivity contribution >= 4 is 5.69 Å². The van der Waals surface area contributed by atoms with Crippen LogP contribution in [0.25, 0.3) is 0 Å². The maximum Gasteiger partial charge on any atom is 0.143 e. The molecule has 0 saturated heterocycles. The SMILES string of the molecule is N#Cc1c(F)cccc1NCCCc1ncc[nH]1. The summed E-state index contributed by atoms with van der Waals surface area (Å²) >= 11 is 0. The van der Waals surface area contributed by atoms with Gasteiger partial charge in [-0.25, -0.2) is 9.37 Å². The van der Waals surface area contributed by atoms with Crippen molar-refractivity contribution < 1.29 is 4.39 Å². The number of anilines is 1. The summed E-state index contributed by atoms with van der Waals surface area (Å²) in [5.74, 6) is 0.435. The molecule has 2 N–H and O–H groups in total. The molecule has 2 rings (SSSR count). The molecular formula is C13H13FN4. The first-order chi connectivity index (χ1) is 8.81. The molecule has 0 aliphatic carbocycles. The second-order valence-corrected chi connectivity index (χ2v) is 3.84. The predicted molar refractivity (Wildman–Crippen MR) is 66.5 cm³/mol. The van der Waals surface area contributed by atoms with Gasteiger partial charge in [0.1, 0.15) is 23.3 Å². The highest BCUT2D eigenvalue weighted by atomic mass is 19.1. The summed E-state index contributed by atoms with van der Waals surface area (Å²) in [7, 11) is 0. The first kappa shape index (κ1) is 12.1. The molecule has 0 amide bonds. The summed E-state index contributed by atoms with van der Waals surface area (Å²) in [4.78, 5) is 7.13. The zero-order chi connectivity index (χ0) is 12.8. The Balaban J connectivity index is 1.87. The van der Waals surface area contributed by atoms with Crippen LogP contribution in [0.4, 0.5) is 10.1 Å². The van der Waals surface area contributed by atoms with E-state index < -0.39 is 5.82 Å². The minimum atomic E-state index is -0.492. The van der Waals surface area contributed by atoms with Crippen LogP contribution < -0.4 is 5.32 Å². The number of aryl methyl sites for hydroxylation is 1. The van der Waals surface area contributed by atoms with Crippen molar-refractivity contribution in [1.82, 2.24) is 9.97 Å². The third-order valence-corrected chi connectivity index (χ3v) is 2.59. The van der Waals surface area contributed by atoms with E-state index in [9.17, 15) is 4.39 Å². The number of halogens is 1. The summed E-state index contributed by atoms with van der Waals surface area (Å²) in [5.41, 5.74) is 0.604. The van der Waals surface area contributed by atoms with Crippen molar-refractivity contribution in [2.75, 3.05) is 11.9 Å². The van der Waals surface area contributed by atoms with Gasteiger partial charge in [-0.3, -0.25) is 0 Å². The van der Waals surface area contributed by atoms with Crippen molar-refractivity contribution in [1.29, 1.82) is 5.26 Å². The molecule has 18 heavy (non-hydrogen) atoms. The summed E-state index contributed by atoms with van der Waals surface area (Å²) in [5, 5.41) is 11.9. The van der Waals surface area contributed by atoms with Gasteiger partial charge in [-0.1, -0.05) is 6.07 Å². The lowest BCUT2D eigenvalue weighted by molar-refractivity contribution is 0.624. The molecule has 1 aromatic carbocycles. The van der Waals surface area contributed by atoms with Crippen LogP contribution >= 0.6 is 0 Å². The summed E-state index contributed by atoms with van der Waals surface area (Å²) < 4.78 is 13.3. The van der Waals surface area contributed by atoms with E-state index in [4.69, 9.17) is 5.26 Å². The number of rotatable bonds is 5. The van der Waals surface area contributed by atoms with Crippen LogP contribution in [0, 0.1) is 17.1 Å². The van der Waals surface area contributed by atoms with Gasteiger partial charge in [0, 0.05) is 25.4 Å². The highest BCUT2D eigenvalue weighted by molar-refractivity contribution is 5.57. The van der Waals surface area contributed by atoms with Gasteiger partial charge >= 0.3 is 0 Å². The fourth-order valence-electron chi connectivity index (χ4n) is 1.70. The third-order valence-electron chi connectivity index (χ3n) is 2.59. The molecule has 0 radical (unpaired) electrons. The maximum atomic E-state index is 13.3. The molecular weight excluding hydrogens is 231 g/mol. The molecule has 4 nitrogen and oxygen atoms in total. The van der Waals surface area contributed by atoms with E-state index in [0.29, 0.717) is 12.2 Å². The third kappa shape index (κ3) is 2.86. The van der Waals surface area contributed by atoms with Crippen LogP contribution in [0.1, 0.15) is 17.8 Å². The van der Waals surface area contributed by atoms with Crippen LogP contribution in [0.15, 0.2) is 30.6 Å². The number of imidazole rings is 1. The molecule has 2 aromatic rings. The summed E-state index contributed by atoms with van der Waals surface area (Å²) in [6.45, 7) is 0.666. The smallest absolute Gasteiger partial charge is 0.143 e. The van der Waals surface area contributed by atoms with E-state index >= 15 is 0 Å². The molecule has 0 aliphatic heterocycles. The average molecular weight is 244 g/mol. The van der Waals surface area contributed by atoms with Crippen molar-refractivity contribution in [3.63, 3.8) is 0 Å². The Morgan fingerprint density at radius 3 is 3.06 bits per heavy atom. The Morgan fingerprint density at radius 1 is 1.44 bits per heavy atom. The Bertz CT molecular complexity index is 543. The molecule has 1 aromatic heterocycles. The Labute approximate surface area is 104 Å². The first-order valence-corrected chi connectivity index (χ1v) is 5.72. The van der Waals surface area contributed by atoms with Gasteiger partial charge in [-0.15, -0.1) is 0 Å². The van der Waals surface area contributed by atoms with Gasteiger partial charge in [0.15, 0.2) is 0 Å². The van der Waals surface area contributed by atoms with Gasteiger partial charge in [-0.05, 0) is 18.6 Å². The number of hydrogen-bond donors (Lipinski definition) is 2. The van der Waals surface area contributed by atoms with Crippen molar-refractivity contribution in [2.24, 2.45) is 0 Å². The van der Waals surface area contributed by atoms with E-state index in [-0.39, 0.29) is 5.56 Å². The maximum absolute atomic E-state index is 13.3. The lowest BCUT2D eigenvalue weighted by Gasteiger charge is -2.07. The number of aromatic amines is 1. The molecule has 92 valence electrons. The van der Waals surface area contributed by atoms with Gasteiger partial charge in [0.2, 0.25) is 0 Å². The van der Waals surface area contributed by atoms with Gasteiger partial charge in [0.05, 0.1) is 5.69 Å². The van der Waals surface area contributed by atoms with Crippen LogP contribution in [-0.2, 0) is 6.42 Å². The van der Waals surface area contributed by atoms with Crippen molar-refractivity contribution in [3.05, 3.63) is 47.8 Å². The lowest BCUT2D eigenvalue weighted by atomic mass is 10.2. The largest absolute Gasteiger partial charge is 0.384 e. The molecule has 0 bridgehead atoms. The first-order valence-electron chi connectivity index (χ1n) is 5.72. The Kier molecular flexibility index (Phi) is 3.92. The molecule has 1 heterocycles. The highest BCUT2D eigenvalue weighted by Crippen LogP contribution is 2.17. The van der Waals surface area contributed by atoms with Crippen molar-refractivity contribution in [2.45, 2.75) is 12.8 Å². The van der Waals surface area contributed by atoms with E-state index in [1.807, 2.05) is 6.07 Å². The quantitative estimate of drug-likeness (QED) is 0.794. The molecule has 0 fully saturated rings. The molecule has 0 aliphatic rings. The van der Waals surface area contributed by atoms with E-state index in [0.717, 1.165) is 18.7 Å². The fourth-order valence-corrected chi connectivity index (χ4v) is 1.70. The highest BCUT2D eigenvalue weighted by Gasteiger charge is 2.06. The Morgan fingerprint density at radius 2 is 2.33 bits per heavy atom. The van der Waals surface area contributed by atoms with E-state index in [1.54, 1.807) is 24.5 Å². The average Bonchev–Trinajstić information content (AvgIpc) is 2.88. The number of hydrogen-bond acceptors (Lipinski definition) is 3. The number of nitrogens with zero attached hydrogens (tertiary/aromatic N) is 2. The van der Waals surface area contributed by atoms with E-state index in [1.165, 1.54) is 6.07 Å². The zero-order valence-electron chi connectivity index (χ0n) is 9.78. The van der Waals surface area contributed by atoms with Crippen LogP contribution in [0.3, 0.4) is 0 Å². The number of nitrogens with one attached hydrogen (secondary N) is 2. The Hall–Kier alpha value is -2.35. The normalized spacial score (nSPS) is 10.0. The van der Waals surface area contributed by atoms with Crippen LogP contribution in [0.2, 0.25) is 0 Å². The number of aromatic nitrogens is 2.